The second-order valence-corrected chi connectivity index (χ2v) is 8.81. The molecule has 2 aliphatic heterocycles. The molecule has 0 aromatic heterocycles. The summed E-state index contributed by atoms with van der Waals surface area (Å²) in [5.41, 5.74) is 1.00. The molecule has 2 aliphatic rings. The van der Waals surface area contributed by atoms with Crippen molar-refractivity contribution >= 4 is 28.6 Å². The van der Waals surface area contributed by atoms with Crippen LogP contribution in [0.5, 0.6) is 0 Å². The van der Waals surface area contributed by atoms with Crippen LogP contribution in [0, 0.1) is 0 Å². The maximum Gasteiger partial charge on any atom is 0.327 e. The molecule has 1 unspecified atom stereocenters. The first-order chi connectivity index (χ1) is 13.4. The van der Waals surface area contributed by atoms with E-state index in [0.29, 0.717) is 32.1 Å². The third kappa shape index (κ3) is 4.41. The predicted octanol–water partition coefficient (Wildman–Crippen LogP) is 0.585. The molecule has 0 spiro atoms. The highest BCUT2D eigenvalue weighted by Crippen LogP contribution is 2.29. The van der Waals surface area contributed by atoms with Crippen molar-refractivity contribution in [3.8, 4) is 0 Å². The lowest BCUT2D eigenvalue weighted by Crippen LogP contribution is -2.55. The summed E-state index contributed by atoms with van der Waals surface area (Å²) in [6.45, 7) is 0. The minimum atomic E-state index is -1.41. The molecule has 5 atom stereocenters. The Kier molecular flexibility index (Phi) is 6.46. The number of nitrogens with zero attached hydrogens (tertiary/aromatic N) is 1. The zero-order chi connectivity index (χ0) is 20.3. The minimum absolute atomic E-state index is 0.0746. The van der Waals surface area contributed by atoms with E-state index in [4.69, 9.17) is 0 Å². The van der Waals surface area contributed by atoms with Gasteiger partial charge >= 0.3 is 11.9 Å². The van der Waals surface area contributed by atoms with Crippen LogP contribution in [-0.2, 0) is 31.6 Å². The molecule has 0 radical (unpaired) electrons. The first kappa shape index (κ1) is 20.5. The van der Waals surface area contributed by atoms with Crippen LogP contribution in [0.15, 0.2) is 30.3 Å². The largest absolute Gasteiger partial charge is 0.480 e. The van der Waals surface area contributed by atoms with E-state index in [1.807, 2.05) is 30.3 Å². The fourth-order valence-corrected chi connectivity index (χ4v) is 5.63. The summed E-state index contributed by atoms with van der Waals surface area (Å²) < 4.78 is 12.3. The number of nitrogens with one attached hydrogen (secondary N) is 1. The zero-order valence-corrected chi connectivity index (χ0v) is 16.1. The van der Waals surface area contributed by atoms with E-state index >= 15 is 0 Å². The Balaban J connectivity index is 1.72. The maximum absolute atomic E-state index is 13.0. The first-order valence-corrected chi connectivity index (χ1v) is 10.7. The molecule has 2 heterocycles. The molecule has 9 heteroatoms. The lowest BCUT2D eigenvalue weighted by Gasteiger charge is -2.29. The molecule has 1 amide bonds. The second-order valence-electron chi connectivity index (χ2n) is 7.17. The van der Waals surface area contributed by atoms with Gasteiger partial charge in [0.25, 0.3) is 0 Å². The standard InChI is InChI=1S/C19H24N2O6S/c22-17-13(7-4-8-16-21(17)15(19(25)26)11-28(16)27)20-14(18(23)24)10-9-12-5-2-1-3-6-12/h1-3,5-6,13-16,20H,4,7-11H2,(H,23,24)(H,25,26)/t13-,14?,15-,16+,28-/m0/s1. The highest BCUT2D eigenvalue weighted by Gasteiger charge is 2.48. The van der Waals surface area contributed by atoms with Crippen LogP contribution >= 0.6 is 0 Å². The number of aryl methyl sites for hydroxylation is 1. The van der Waals surface area contributed by atoms with Gasteiger partial charge in [-0.05, 0) is 37.7 Å². The third-order valence-corrected chi connectivity index (χ3v) is 7.03. The van der Waals surface area contributed by atoms with Gasteiger partial charge in [0, 0.05) is 10.8 Å². The third-order valence-electron chi connectivity index (χ3n) is 5.32. The number of carboxylic acid groups (broad SMARTS) is 2. The van der Waals surface area contributed by atoms with E-state index in [1.165, 1.54) is 4.90 Å². The monoisotopic (exact) mass is 408 g/mol. The Bertz CT molecular complexity index is 771. The Morgan fingerprint density at radius 2 is 1.93 bits per heavy atom. The van der Waals surface area contributed by atoms with Gasteiger partial charge in [-0.15, -0.1) is 0 Å². The van der Waals surface area contributed by atoms with Gasteiger partial charge in [0.15, 0.2) is 0 Å². The van der Waals surface area contributed by atoms with E-state index in [0.717, 1.165) is 5.56 Å². The summed E-state index contributed by atoms with van der Waals surface area (Å²) in [5, 5.41) is 21.3. The normalized spacial score (nSPS) is 28.4. The molecule has 1 aromatic rings. The number of rotatable bonds is 7. The quantitative estimate of drug-likeness (QED) is 0.603. The highest BCUT2D eigenvalue weighted by molar-refractivity contribution is 7.86. The first-order valence-electron chi connectivity index (χ1n) is 9.33. The number of carboxylic acids is 2. The average Bonchev–Trinajstić information content (AvgIpc) is 2.91. The van der Waals surface area contributed by atoms with Gasteiger partial charge in [-0.3, -0.25) is 19.1 Å². The van der Waals surface area contributed by atoms with Crippen LogP contribution in [0.4, 0.5) is 0 Å². The predicted molar refractivity (Wildman–Crippen MR) is 102 cm³/mol. The number of hydrogen-bond acceptors (Lipinski definition) is 5. The minimum Gasteiger partial charge on any atom is -0.480 e. The Morgan fingerprint density at radius 3 is 2.57 bits per heavy atom. The number of aliphatic carboxylic acids is 2. The van der Waals surface area contributed by atoms with Crippen LogP contribution in [0.3, 0.4) is 0 Å². The molecule has 2 fully saturated rings. The number of fused-ring (bicyclic) bond motifs is 1. The molecular weight excluding hydrogens is 384 g/mol. The molecule has 0 aliphatic carbocycles. The van der Waals surface area contributed by atoms with Crippen molar-refractivity contribution in [3.63, 3.8) is 0 Å². The maximum atomic E-state index is 13.0. The SMILES string of the molecule is O=C(O)C(CCc1ccccc1)N[C@H]1CCC[C@@H]2N(C1=O)[C@H](C(=O)O)C[S@@]2=O. The van der Waals surface area contributed by atoms with Gasteiger partial charge in [0.2, 0.25) is 5.91 Å². The second kappa shape index (κ2) is 8.83. The molecule has 0 saturated carbocycles. The van der Waals surface area contributed by atoms with Gasteiger partial charge in [-0.1, -0.05) is 30.3 Å². The van der Waals surface area contributed by atoms with Crippen molar-refractivity contribution in [2.24, 2.45) is 0 Å². The van der Waals surface area contributed by atoms with Crippen molar-refractivity contribution in [2.45, 2.75) is 55.6 Å². The van der Waals surface area contributed by atoms with Gasteiger partial charge in [0.05, 0.1) is 11.8 Å². The highest BCUT2D eigenvalue weighted by atomic mass is 32.2. The molecule has 3 rings (SSSR count). The van der Waals surface area contributed by atoms with E-state index in [1.54, 1.807) is 0 Å². The lowest BCUT2D eigenvalue weighted by molar-refractivity contribution is -0.150. The molecule has 28 heavy (non-hydrogen) atoms. The van der Waals surface area contributed by atoms with Crippen molar-refractivity contribution in [1.29, 1.82) is 0 Å². The molecule has 1 aromatic carbocycles. The molecule has 2 saturated heterocycles. The average molecular weight is 408 g/mol. The van der Waals surface area contributed by atoms with Gasteiger partial charge in [-0.25, -0.2) is 4.79 Å². The number of carbonyl (C=O) groups is 3. The van der Waals surface area contributed by atoms with Gasteiger partial charge < -0.3 is 15.1 Å². The lowest BCUT2D eigenvalue weighted by atomic mass is 10.0. The van der Waals surface area contributed by atoms with E-state index in [-0.39, 0.29) is 5.75 Å². The van der Waals surface area contributed by atoms with Crippen molar-refractivity contribution < 1.29 is 28.8 Å². The molecule has 3 N–H and O–H groups in total. The summed E-state index contributed by atoms with van der Waals surface area (Å²) in [7, 11) is -1.41. The number of amides is 1. The van der Waals surface area contributed by atoms with Crippen LogP contribution in [-0.4, -0.2) is 66.4 Å². The Morgan fingerprint density at radius 1 is 1.21 bits per heavy atom. The number of carbonyl (C=O) groups excluding carboxylic acids is 1. The summed E-state index contributed by atoms with van der Waals surface area (Å²) >= 11 is 0. The van der Waals surface area contributed by atoms with E-state index in [2.05, 4.69) is 5.32 Å². The van der Waals surface area contributed by atoms with Crippen LogP contribution in [0.1, 0.15) is 31.2 Å². The zero-order valence-electron chi connectivity index (χ0n) is 15.3. The van der Waals surface area contributed by atoms with E-state index < -0.39 is 52.1 Å². The Hall–Kier alpha value is -2.26. The molecule has 0 bridgehead atoms. The fraction of sp³-hybridized carbons (Fsp3) is 0.526. The van der Waals surface area contributed by atoms with Crippen molar-refractivity contribution in [1.82, 2.24) is 10.2 Å². The summed E-state index contributed by atoms with van der Waals surface area (Å²) in [6, 6.07) is 6.64. The topological polar surface area (TPSA) is 124 Å². The van der Waals surface area contributed by atoms with Crippen LogP contribution in [0.2, 0.25) is 0 Å². The molecular formula is C19H24N2O6S. The summed E-state index contributed by atoms with van der Waals surface area (Å²) in [5.74, 6) is -2.77. The van der Waals surface area contributed by atoms with Gasteiger partial charge in [0.1, 0.15) is 17.5 Å². The smallest absolute Gasteiger partial charge is 0.327 e. The molecule has 8 nitrogen and oxygen atoms in total. The van der Waals surface area contributed by atoms with Crippen molar-refractivity contribution in [2.75, 3.05) is 5.75 Å². The van der Waals surface area contributed by atoms with Crippen LogP contribution < -0.4 is 5.32 Å². The fourth-order valence-electron chi connectivity index (χ4n) is 3.86. The summed E-state index contributed by atoms with van der Waals surface area (Å²) in [6.07, 6.45) is 2.28. The Labute approximate surface area is 165 Å². The van der Waals surface area contributed by atoms with E-state index in [9.17, 15) is 28.8 Å². The molecule has 152 valence electrons. The van der Waals surface area contributed by atoms with Crippen molar-refractivity contribution in [3.05, 3.63) is 35.9 Å². The van der Waals surface area contributed by atoms with Gasteiger partial charge in [-0.2, -0.15) is 0 Å². The number of hydrogen-bond donors (Lipinski definition) is 3. The number of benzene rings is 1. The van der Waals surface area contributed by atoms with Crippen LogP contribution in [0.25, 0.3) is 0 Å². The summed E-state index contributed by atoms with van der Waals surface area (Å²) in [4.78, 5) is 37.4.